The van der Waals surface area contributed by atoms with Crippen LogP contribution in [0.4, 0.5) is 5.69 Å². The molecule has 0 spiro atoms. The van der Waals surface area contributed by atoms with Gasteiger partial charge in [0.05, 0.1) is 10.7 Å². The number of hydrogen-bond donors (Lipinski definition) is 2. The van der Waals surface area contributed by atoms with Crippen molar-refractivity contribution in [1.29, 1.82) is 0 Å². The molecule has 2 heterocycles. The average Bonchev–Trinajstić information content (AvgIpc) is 3.43. The number of nitrogen functional groups attached to an aromatic ring is 1. The fraction of sp³-hybridized carbons (Fsp3) is 0.632. The Morgan fingerprint density at radius 2 is 2.04 bits per heavy atom. The normalized spacial score (nSPS) is 26.7. The van der Waals surface area contributed by atoms with Crippen LogP contribution in [0.15, 0.2) is 6.07 Å². The van der Waals surface area contributed by atoms with Crippen LogP contribution in [0.25, 0.3) is 0 Å². The first-order valence-electron chi connectivity index (χ1n) is 9.27. The Morgan fingerprint density at radius 3 is 2.65 bits per heavy atom. The number of carbonyl (C=O) groups is 1. The Balaban J connectivity index is 1.58. The number of rotatable bonds is 4. The molecule has 1 unspecified atom stereocenters. The fourth-order valence-electron chi connectivity index (χ4n) is 3.86. The second-order valence-corrected chi connectivity index (χ2v) is 8.37. The van der Waals surface area contributed by atoms with Gasteiger partial charge in [-0.3, -0.25) is 0 Å². The lowest BCUT2D eigenvalue weighted by molar-refractivity contribution is -0.158. The lowest BCUT2D eigenvalue weighted by atomic mass is 9.87. The highest BCUT2D eigenvalue weighted by Crippen LogP contribution is 2.50. The quantitative estimate of drug-likeness (QED) is 0.780. The molecule has 3 aliphatic rings. The van der Waals surface area contributed by atoms with Crippen LogP contribution in [-0.4, -0.2) is 47.8 Å². The summed E-state index contributed by atoms with van der Waals surface area (Å²) in [5, 5.41) is 9.81. The summed E-state index contributed by atoms with van der Waals surface area (Å²) in [6.45, 7) is 4.76. The molecule has 0 amide bonds. The number of carboxylic acid groups (broad SMARTS) is 1. The maximum Gasteiger partial charge on any atom is 0.351 e. The number of piperidine rings is 1. The summed E-state index contributed by atoms with van der Waals surface area (Å²) < 4.78 is 11.6. The Bertz CT molecular complexity index is 729. The summed E-state index contributed by atoms with van der Waals surface area (Å²) in [5.74, 6) is 0.957. The Hall–Kier alpha value is -1.66. The molecule has 7 heteroatoms. The summed E-state index contributed by atoms with van der Waals surface area (Å²) in [5.41, 5.74) is 5.83. The van der Waals surface area contributed by atoms with Gasteiger partial charge in [-0.15, -0.1) is 0 Å². The van der Waals surface area contributed by atoms with Gasteiger partial charge in [0.25, 0.3) is 0 Å². The van der Waals surface area contributed by atoms with Crippen LogP contribution >= 0.6 is 11.6 Å². The highest BCUT2D eigenvalue weighted by molar-refractivity contribution is 6.33. The van der Waals surface area contributed by atoms with E-state index in [-0.39, 0.29) is 18.0 Å². The van der Waals surface area contributed by atoms with Gasteiger partial charge >= 0.3 is 5.97 Å². The summed E-state index contributed by atoms with van der Waals surface area (Å²) >= 11 is 6.33. The maximum absolute atomic E-state index is 11.5. The van der Waals surface area contributed by atoms with Gasteiger partial charge in [0.15, 0.2) is 11.5 Å². The van der Waals surface area contributed by atoms with Gasteiger partial charge in [-0.2, -0.15) is 0 Å². The van der Waals surface area contributed by atoms with Gasteiger partial charge in [0, 0.05) is 12.1 Å². The van der Waals surface area contributed by atoms with E-state index >= 15 is 0 Å². The molecule has 1 aromatic rings. The van der Waals surface area contributed by atoms with E-state index in [4.69, 9.17) is 26.8 Å². The second kappa shape index (κ2) is 6.50. The smallest absolute Gasteiger partial charge is 0.351 e. The molecule has 26 heavy (non-hydrogen) atoms. The number of nitrogens with two attached hydrogens (primary N) is 1. The number of benzene rings is 1. The predicted octanol–water partition coefficient (Wildman–Crippen LogP) is 3.13. The minimum atomic E-state index is -1.46. The number of carboxylic acids is 1. The first-order chi connectivity index (χ1) is 12.4. The van der Waals surface area contributed by atoms with Crippen molar-refractivity contribution >= 4 is 23.3 Å². The molecular weight excluding hydrogens is 356 g/mol. The number of hydrogen-bond acceptors (Lipinski definition) is 5. The molecule has 4 rings (SSSR count). The number of ether oxygens (including phenoxy) is 2. The third-order valence-corrected chi connectivity index (χ3v) is 6.08. The van der Waals surface area contributed by atoms with Gasteiger partial charge in [-0.05, 0) is 63.6 Å². The van der Waals surface area contributed by atoms with Crippen molar-refractivity contribution in [2.45, 2.75) is 44.1 Å². The second-order valence-electron chi connectivity index (χ2n) is 7.96. The number of aliphatic carboxylic acids is 1. The molecule has 0 bridgehead atoms. The van der Waals surface area contributed by atoms with Crippen molar-refractivity contribution in [1.82, 2.24) is 4.90 Å². The molecule has 2 aliphatic heterocycles. The van der Waals surface area contributed by atoms with Gasteiger partial charge < -0.3 is 25.2 Å². The van der Waals surface area contributed by atoms with E-state index in [1.54, 1.807) is 0 Å². The van der Waals surface area contributed by atoms with E-state index in [2.05, 4.69) is 4.90 Å². The van der Waals surface area contributed by atoms with Crippen LogP contribution < -0.4 is 15.2 Å². The molecule has 1 saturated carbocycles. The maximum atomic E-state index is 11.5. The Labute approximate surface area is 158 Å². The van der Waals surface area contributed by atoms with E-state index in [1.807, 2.05) is 6.07 Å². The first-order valence-corrected chi connectivity index (χ1v) is 9.64. The van der Waals surface area contributed by atoms with Crippen LogP contribution in [0, 0.1) is 5.92 Å². The molecular formula is C19H25ClN2O4. The molecule has 1 aliphatic carbocycles. The number of fused-ring (bicyclic) bond motifs is 1. The van der Waals surface area contributed by atoms with Crippen LogP contribution in [-0.2, 0) is 4.79 Å². The summed E-state index contributed by atoms with van der Waals surface area (Å²) in [4.78, 5) is 14.1. The topological polar surface area (TPSA) is 85.0 Å². The minimum absolute atomic E-state index is 0.0517. The molecule has 2 fully saturated rings. The van der Waals surface area contributed by atoms with Crippen molar-refractivity contribution < 1.29 is 19.4 Å². The van der Waals surface area contributed by atoms with Gasteiger partial charge in [-0.25, -0.2) is 4.79 Å². The van der Waals surface area contributed by atoms with E-state index < -0.39 is 11.6 Å². The van der Waals surface area contributed by atoms with Crippen LogP contribution in [0.5, 0.6) is 11.5 Å². The lowest BCUT2D eigenvalue weighted by Gasteiger charge is -2.37. The summed E-state index contributed by atoms with van der Waals surface area (Å²) in [6.07, 6.45) is 4.79. The molecule has 1 saturated heterocycles. The molecule has 3 N–H and O–H groups in total. The minimum Gasteiger partial charge on any atom is -0.484 e. The molecule has 0 aromatic heterocycles. The van der Waals surface area contributed by atoms with E-state index in [9.17, 15) is 9.90 Å². The SMILES string of the molecule is CC1(C(=O)O)COc2c(C3CCN(CC4CC4)CC3)cc(Cl)c(N)c2O1. The van der Waals surface area contributed by atoms with Gasteiger partial charge in [0.1, 0.15) is 6.61 Å². The third-order valence-electron chi connectivity index (χ3n) is 5.76. The zero-order chi connectivity index (χ0) is 18.5. The van der Waals surface area contributed by atoms with Crippen molar-refractivity contribution in [3.05, 3.63) is 16.7 Å². The monoisotopic (exact) mass is 380 g/mol. The van der Waals surface area contributed by atoms with Gasteiger partial charge in [-0.1, -0.05) is 11.6 Å². The van der Waals surface area contributed by atoms with Crippen molar-refractivity contribution in [3.63, 3.8) is 0 Å². The van der Waals surface area contributed by atoms with Gasteiger partial charge in [0.2, 0.25) is 5.60 Å². The number of nitrogens with zero attached hydrogens (tertiary/aromatic N) is 1. The molecule has 6 nitrogen and oxygen atoms in total. The van der Waals surface area contributed by atoms with E-state index in [0.29, 0.717) is 16.7 Å². The van der Waals surface area contributed by atoms with Crippen LogP contribution in [0.2, 0.25) is 5.02 Å². The zero-order valence-electron chi connectivity index (χ0n) is 15.0. The summed E-state index contributed by atoms with van der Waals surface area (Å²) in [7, 11) is 0. The summed E-state index contributed by atoms with van der Waals surface area (Å²) in [6, 6.07) is 1.86. The highest BCUT2D eigenvalue weighted by Gasteiger charge is 2.43. The molecule has 142 valence electrons. The third kappa shape index (κ3) is 3.21. The Morgan fingerprint density at radius 1 is 1.35 bits per heavy atom. The van der Waals surface area contributed by atoms with Crippen LogP contribution in [0.1, 0.15) is 44.1 Å². The standard InChI is InChI=1S/C19H25ClN2O4/c1-19(18(23)24)10-25-16-13(8-14(20)15(21)17(16)26-19)12-4-6-22(7-5-12)9-11-2-3-11/h8,11-12H,2-7,9-10,21H2,1H3,(H,23,24). The molecule has 0 radical (unpaired) electrons. The molecule has 1 aromatic carbocycles. The van der Waals surface area contributed by atoms with Crippen molar-refractivity contribution in [2.75, 3.05) is 32.0 Å². The average molecular weight is 381 g/mol. The largest absolute Gasteiger partial charge is 0.484 e. The van der Waals surface area contributed by atoms with Crippen molar-refractivity contribution in [3.8, 4) is 11.5 Å². The number of halogens is 1. The van der Waals surface area contributed by atoms with Crippen LogP contribution in [0.3, 0.4) is 0 Å². The van der Waals surface area contributed by atoms with E-state index in [0.717, 1.165) is 37.4 Å². The first kappa shape index (κ1) is 17.7. The highest BCUT2D eigenvalue weighted by atomic mass is 35.5. The molecule has 1 atom stereocenters. The van der Waals surface area contributed by atoms with Crippen molar-refractivity contribution in [2.24, 2.45) is 5.92 Å². The van der Waals surface area contributed by atoms with E-state index in [1.165, 1.54) is 26.3 Å². The Kier molecular flexibility index (Phi) is 4.43. The predicted molar refractivity (Wildman–Crippen MR) is 99.2 cm³/mol. The zero-order valence-corrected chi connectivity index (χ0v) is 15.7. The number of likely N-dealkylation sites (tertiary alicyclic amines) is 1. The number of anilines is 1. The fourth-order valence-corrected chi connectivity index (χ4v) is 4.06. The lowest BCUT2D eigenvalue weighted by Crippen LogP contribution is -2.49.